The summed E-state index contributed by atoms with van der Waals surface area (Å²) < 4.78 is 41.2. The van der Waals surface area contributed by atoms with Gasteiger partial charge in [0.1, 0.15) is 29.7 Å². The van der Waals surface area contributed by atoms with E-state index in [4.69, 9.17) is 21.1 Å². The summed E-state index contributed by atoms with van der Waals surface area (Å²) in [6, 6.07) is 12.4. The highest BCUT2D eigenvalue weighted by atomic mass is 35.5. The largest absolute Gasteiger partial charge is 0.505 e. The molecular formula is C22H17ClFNO5S. The normalized spacial score (nSPS) is 16.1. The molecule has 0 saturated heterocycles. The maximum atomic E-state index is 14.7. The molecule has 1 aliphatic rings. The fourth-order valence-electron chi connectivity index (χ4n) is 3.21. The topological polar surface area (TPSA) is 84.9 Å². The van der Waals surface area contributed by atoms with Gasteiger partial charge in [-0.3, -0.25) is 4.72 Å². The molecule has 6 nitrogen and oxygen atoms in total. The van der Waals surface area contributed by atoms with Crippen LogP contribution >= 0.6 is 11.6 Å². The minimum absolute atomic E-state index is 0.00621. The highest BCUT2D eigenvalue weighted by Gasteiger charge is 2.21. The Morgan fingerprint density at radius 1 is 1.10 bits per heavy atom. The Kier molecular flexibility index (Phi) is 5.84. The lowest BCUT2D eigenvalue weighted by molar-refractivity contribution is 0.0450. The molecule has 0 fully saturated rings. The SMILES string of the molecule is Cc1cc(F)c2cc1-c1ccccc1OCCOC(=O)c1cc(Cl)c(O)c(c1)S(=O)N2. The Hall–Kier alpha value is -3.10. The summed E-state index contributed by atoms with van der Waals surface area (Å²) in [6.07, 6.45) is 0. The summed E-state index contributed by atoms with van der Waals surface area (Å²) in [6.45, 7) is 1.79. The van der Waals surface area contributed by atoms with Crippen LogP contribution in [0.4, 0.5) is 10.1 Å². The van der Waals surface area contributed by atoms with Crippen molar-refractivity contribution < 1.29 is 28.0 Å². The number of aryl methyl sites for hydroxylation is 1. The number of aromatic hydroxyl groups is 1. The molecule has 0 aliphatic carbocycles. The van der Waals surface area contributed by atoms with Crippen LogP contribution in [0.15, 0.2) is 53.4 Å². The van der Waals surface area contributed by atoms with Gasteiger partial charge in [-0.25, -0.2) is 13.4 Å². The van der Waals surface area contributed by atoms with Crippen LogP contribution in [-0.2, 0) is 15.7 Å². The third-order valence-corrected chi connectivity index (χ3v) is 6.14. The lowest BCUT2D eigenvalue weighted by Crippen LogP contribution is -2.13. The fourth-order valence-corrected chi connectivity index (χ4v) is 4.47. The van der Waals surface area contributed by atoms with E-state index in [-0.39, 0.29) is 34.4 Å². The lowest BCUT2D eigenvalue weighted by atomic mass is 9.99. The molecule has 31 heavy (non-hydrogen) atoms. The molecule has 1 atom stereocenters. The molecule has 3 aromatic carbocycles. The molecule has 0 aromatic heterocycles. The number of phenolic OH excluding ortho intramolecular Hbond substituents is 1. The zero-order valence-corrected chi connectivity index (χ0v) is 17.8. The second kappa shape index (κ2) is 8.56. The van der Waals surface area contributed by atoms with Crippen molar-refractivity contribution >= 4 is 34.2 Å². The van der Waals surface area contributed by atoms with Crippen LogP contribution in [0.1, 0.15) is 15.9 Å². The molecule has 0 saturated carbocycles. The molecule has 0 radical (unpaired) electrons. The number of anilines is 1. The summed E-state index contributed by atoms with van der Waals surface area (Å²) in [5.41, 5.74) is 1.95. The molecule has 1 unspecified atom stereocenters. The fraction of sp³-hybridized carbons (Fsp3) is 0.136. The second-order valence-electron chi connectivity index (χ2n) is 6.80. The molecule has 1 heterocycles. The van der Waals surface area contributed by atoms with Gasteiger partial charge in [0.15, 0.2) is 16.7 Å². The van der Waals surface area contributed by atoms with E-state index < -0.39 is 28.5 Å². The third kappa shape index (κ3) is 4.22. The first kappa shape index (κ1) is 21.1. The predicted molar refractivity (Wildman–Crippen MR) is 115 cm³/mol. The van der Waals surface area contributed by atoms with Crippen LogP contribution in [0.5, 0.6) is 11.5 Å². The number of ether oxygens (including phenoxy) is 2. The van der Waals surface area contributed by atoms with E-state index in [0.717, 1.165) is 0 Å². The van der Waals surface area contributed by atoms with E-state index in [2.05, 4.69) is 4.72 Å². The number of halogens is 2. The van der Waals surface area contributed by atoms with Gasteiger partial charge in [-0.05, 0) is 48.4 Å². The van der Waals surface area contributed by atoms with Gasteiger partial charge in [-0.1, -0.05) is 29.8 Å². The molecule has 3 aromatic rings. The molecule has 0 spiro atoms. The maximum Gasteiger partial charge on any atom is 0.338 e. The molecule has 2 N–H and O–H groups in total. The number of phenols is 1. The van der Waals surface area contributed by atoms with Crippen molar-refractivity contribution in [2.75, 3.05) is 17.9 Å². The molecule has 9 heteroatoms. The number of nitrogens with one attached hydrogen (secondary N) is 1. The molecule has 4 bridgehead atoms. The number of benzene rings is 3. The molecule has 1 aliphatic heterocycles. The smallest absolute Gasteiger partial charge is 0.338 e. The van der Waals surface area contributed by atoms with Gasteiger partial charge in [0.05, 0.1) is 16.3 Å². The van der Waals surface area contributed by atoms with Crippen molar-refractivity contribution in [2.24, 2.45) is 0 Å². The number of para-hydroxylation sites is 1. The van der Waals surface area contributed by atoms with Crippen LogP contribution in [0, 0.1) is 12.7 Å². The van der Waals surface area contributed by atoms with E-state index in [1.165, 1.54) is 24.3 Å². The molecule has 0 amide bonds. The Morgan fingerprint density at radius 3 is 2.65 bits per heavy atom. The summed E-state index contributed by atoms with van der Waals surface area (Å²) >= 11 is 6.00. The average molecular weight is 462 g/mol. The summed E-state index contributed by atoms with van der Waals surface area (Å²) in [5.74, 6) is -1.31. The van der Waals surface area contributed by atoms with Gasteiger partial charge in [0.25, 0.3) is 0 Å². The minimum Gasteiger partial charge on any atom is -0.505 e. The number of esters is 1. The van der Waals surface area contributed by atoms with E-state index in [9.17, 15) is 18.5 Å². The molecule has 4 rings (SSSR count). The highest BCUT2D eigenvalue weighted by Crippen LogP contribution is 2.37. The summed E-state index contributed by atoms with van der Waals surface area (Å²) in [4.78, 5) is 12.2. The Bertz CT molecular complexity index is 1220. The zero-order valence-electron chi connectivity index (χ0n) is 16.3. The van der Waals surface area contributed by atoms with Gasteiger partial charge < -0.3 is 14.6 Å². The number of hydrogen-bond acceptors (Lipinski definition) is 5. The second-order valence-corrected chi connectivity index (χ2v) is 8.39. The lowest BCUT2D eigenvalue weighted by Gasteiger charge is -2.15. The van der Waals surface area contributed by atoms with Crippen molar-refractivity contribution in [1.29, 1.82) is 0 Å². The standard InChI is InChI=1S/C22H17ClFNO5S/c1-12-8-17(24)18-11-15(12)14-4-2-3-5-19(14)29-6-7-30-22(27)13-9-16(23)21(26)20(10-13)31(28)25-18/h2-5,8-11,25-26H,6-7H2,1H3. The number of carbonyl (C=O) groups is 1. The predicted octanol–water partition coefficient (Wildman–Crippen LogP) is 4.84. The quantitative estimate of drug-likeness (QED) is 0.468. The average Bonchev–Trinajstić information content (AvgIpc) is 2.74. The van der Waals surface area contributed by atoms with Crippen molar-refractivity contribution in [2.45, 2.75) is 11.8 Å². The van der Waals surface area contributed by atoms with Gasteiger partial charge in [-0.2, -0.15) is 0 Å². The number of fused-ring (bicyclic) bond motifs is 6. The number of cyclic esters (lactones) is 1. The van der Waals surface area contributed by atoms with Gasteiger partial charge in [0, 0.05) is 5.56 Å². The first-order chi connectivity index (χ1) is 14.8. The first-order valence-electron chi connectivity index (χ1n) is 9.25. The monoisotopic (exact) mass is 461 g/mol. The molecular weight excluding hydrogens is 445 g/mol. The van der Waals surface area contributed by atoms with Crippen LogP contribution in [0.25, 0.3) is 11.1 Å². The highest BCUT2D eigenvalue weighted by molar-refractivity contribution is 7.86. The zero-order chi connectivity index (χ0) is 22.1. The van der Waals surface area contributed by atoms with E-state index in [1.54, 1.807) is 19.1 Å². The van der Waals surface area contributed by atoms with E-state index in [1.807, 2.05) is 12.1 Å². The number of rotatable bonds is 0. The van der Waals surface area contributed by atoms with Crippen LogP contribution in [0.3, 0.4) is 0 Å². The Labute approximate surface area is 185 Å². The minimum atomic E-state index is -2.12. The van der Waals surface area contributed by atoms with Crippen molar-refractivity contribution in [1.82, 2.24) is 0 Å². The van der Waals surface area contributed by atoms with E-state index in [0.29, 0.717) is 22.4 Å². The van der Waals surface area contributed by atoms with Crippen molar-refractivity contribution in [3.63, 3.8) is 0 Å². The summed E-state index contributed by atoms with van der Waals surface area (Å²) in [5, 5.41) is 10.1. The third-order valence-electron chi connectivity index (χ3n) is 4.73. The van der Waals surface area contributed by atoms with Crippen LogP contribution in [-0.4, -0.2) is 28.5 Å². The van der Waals surface area contributed by atoms with Crippen LogP contribution in [0.2, 0.25) is 5.02 Å². The summed E-state index contributed by atoms with van der Waals surface area (Å²) in [7, 11) is -2.12. The van der Waals surface area contributed by atoms with Gasteiger partial charge >= 0.3 is 5.97 Å². The first-order valence-corrected chi connectivity index (χ1v) is 10.8. The number of hydrogen-bond donors (Lipinski definition) is 2. The Morgan fingerprint density at radius 2 is 1.84 bits per heavy atom. The Balaban J connectivity index is 1.87. The number of carbonyl (C=O) groups excluding carboxylic acids is 1. The van der Waals surface area contributed by atoms with Gasteiger partial charge in [-0.15, -0.1) is 0 Å². The maximum absolute atomic E-state index is 14.7. The van der Waals surface area contributed by atoms with Gasteiger partial charge in [0.2, 0.25) is 0 Å². The van der Waals surface area contributed by atoms with Crippen molar-refractivity contribution in [3.05, 3.63) is 70.5 Å². The van der Waals surface area contributed by atoms with E-state index >= 15 is 0 Å². The van der Waals surface area contributed by atoms with Crippen molar-refractivity contribution in [3.8, 4) is 22.6 Å². The molecule has 160 valence electrons. The van der Waals surface area contributed by atoms with Crippen LogP contribution < -0.4 is 9.46 Å².